The minimum absolute atomic E-state index is 0.0424. The quantitative estimate of drug-likeness (QED) is 0.529. The molecule has 0 aliphatic heterocycles. The van der Waals surface area contributed by atoms with Crippen LogP contribution in [0.5, 0.6) is 5.75 Å². The second-order valence-corrected chi connectivity index (χ2v) is 4.85. The summed E-state index contributed by atoms with van der Waals surface area (Å²) in [7, 11) is 3.37. The van der Waals surface area contributed by atoms with Gasteiger partial charge in [-0.15, -0.1) is 0 Å². The van der Waals surface area contributed by atoms with Gasteiger partial charge in [-0.3, -0.25) is 10.1 Å². The van der Waals surface area contributed by atoms with Gasteiger partial charge in [-0.05, 0) is 36.5 Å². The van der Waals surface area contributed by atoms with Crippen LogP contribution in [0.15, 0.2) is 48.5 Å². The van der Waals surface area contributed by atoms with E-state index < -0.39 is 4.92 Å². The third kappa shape index (κ3) is 3.50. The van der Waals surface area contributed by atoms with Crippen LogP contribution in [0, 0.1) is 10.1 Å². The number of anilines is 2. The van der Waals surface area contributed by atoms with Crippen molar-refractivity contribution in [2.45, 2.75) is 0 Å². The highest BCUT2D eigenvalue weighted by Gasteiger charge is 2.11. The average Bonchev–Trinajstić information content (AvgIpc) is 2.54. The number of para-hydroxylation sites is 2. The van der Waals surface area contributed by atoms with Gasteiger partial charge in [0, 0.05) is 24.9 Å². The highest BCUT2D eigenvalue weighted by atomic mass is 32.1. The van der Waals surface area contributed by atoms with Crippen LogP contribution in [-0.4, -0.2) is 24.2 Å². The highest BCUT2D eigenvalue weighted by molar-refractivity contribution is 7.80. The molecule has 0 fully saturated rings. The van der Waals surface area contributed by atoms with Crippen LogP contribution in [0.3, 0.4) is 0 Å². The Morgan fingerprint density at radius 1 is 1.23 bits per heavy atom. The maximum Gasteiger partial charge on any atom is 0.269 e. The second-order valence-electron chi connectivity index (χ2n) is 4.46. The molecule has 0 aliphatic carbocycles. The molecule has 0 amide bonds. The lowest BCUT2D eigenvalue weighted by Gasteiger charge is -2.21. The minimum atomic E-state index is -0.435. The second kappa shape index (κ2) is 6.86. The highest BCUT2D eigenvalue weighted by Crippen LogP contribution is 2.24. The van der Waals surface area contributed by atoms with E-state index in [9.17, 15) is 10.1 Å². The van der Waals surface area contributed by atoms with E-state index in [4.69, 9.17) is 17.0 Å². The Morgan fingerprint density at radius 3 is 2.45 bits per heavy atom. The first-order chi connectivity index (χ1) is 10.5. The van der Waals surface area contributed by atoms with E-state index >= 15 is 0 Å². The lowest BCUT2D eigenvalue weighted by atomic mass is 10.2. The number of nitro groups is 1. The zero-order chi connectivity index (χ0) is 16.1. The molecule has 2 rings (SSSR count). The van der Waals surface area contributed by atoms with E-state index in [1.807, 2.05) is 24.3 Å². The van der Waals surface area contributed by atoms with Crippen molar-refractivity contribution >= 4 is 34.4 Å². The van der Waals surface area contributed by atoms with Crippen molar-refractivity contribution in [2.75, 3.05) is 24.4 Å². The molecule has 7 heteroatoms. The van der Waals surface area contributed by atoms with Crippen molar-refractivity contribution < 1.29 is 9.66 Å². The molecule has 1 N–H and O–H groups in total. The van der Waals surface area contributed by atoms with Crippen LogP contribution in [0.2, 0.25) is 0 Å². The number of nitrogens with one attached hydrogen (secondary N) is 1. The standard InChI is InChI=1S/C15H15N3O3S/c1-17(11-7-9-12(10-8-11)18(19)20)15(22)16-13-5-3-4-6-14(13)21-2/h3-10H,1-2H3,(H,16,22). The number of hydrogen-bond acceptors (Lipinski definition) is 4. The summed E-state index contributed by atoms with van der Waals surface area (Å²) in [6.07, 6.45) is 0. The predicted octanol–water partition coefficient (Wildman–Crippen LogP) is 3.44. The van der Waals surface area contributed by atoms with Crippen molar-refractivity contribution in [3.8, 4) is 5.75 Å². The summed E-state index contributed by atoms with van der Waals surface area (Å²) < 4.78 is 5.26. The lowest BCUT2D eigenvalue weighted by Crippen LogP contribution is -2.30. The summed E-state index contributed by atoms with van der Waals surface area (Å²) in [6, 6.07) is 13.6. The van der Waals surface area contributed by atoms with E-state index in [1.54, 1.807) is 31.2 Å². The third-order valence-corrected chi connectivity index (χ3v) is 3.48. The number of methoxy groups -OCH3 is 1. The lowest BCUT2D eigenvalue weighted by molar-refractivity contribution is -0.384. The Bertz CT molecular complexity index is 689. The van der Waals surface area contributed by atoms with Crippen LogP contribution in [-0.2, 0) is 0 Å². The number of benzene rings is 2. The van der Waals surface area contributed by atoms with Gasteiger partial charge < -0.3 is 15.0 Å². The Labute approximate surface area is 133 Å². The van der Waals surface area contributed by atoms with Crippen molar-refractivity contribution in [3.05, 3.63) is 58.6 Å². The summed E-state index contributed by atoms with van der Waals surface area (Å²) in [4.78, 5) is 12.0. The number of ether oxygens (including phenoxy) is 1. The fourth-order valence-electron chi connectivity index (χ4n) is 1.86. The molecule has 0 aromatic heterocycles. The average molecular weight is 317 g/mol. The topological polar surface area (TPSA) is 67.6 Å². The molecule has 0 bridgehead atoms. The van der Waals surface area contributed by atoms with Gasteiger partial charge in [0.25, 0.3) is 5.69 Å². The summed E-state index contributed by atoms with van der Waals surface area (Å²) in [5.41, 5.74) is 1.54. The van der Waals surface area contributed by atoms with Crippen LogP contribution in [0.1, 0.15) is 0 Å². The molecule has 22 heavy (non-hydrogen) atoms. The van der Waals surface area contributed by atoms with Gasteiger partial charge in [-0.1, -0.05) is 12.1 Å². The molecule has 6 nitrogen and oxygen atoms in total. The van der Waals surface area contributed by atoms with Crippen LogP contribution in [0.25, 0.3) is 0 Å². The Kier molecular flexibility index (Phi) is 4.90. The van der Waals surface area contributed by atoms with Gasteiger partial charge >= 0.3 is 0 Å². The number of nitrogens with zero attached hydrogens (tertiary/aromatic N) is 2. The molecule has 0 atom stereocenters. The van der Waals surface area contributed by atoms with E-state index in [-0.39, 0.29) is 5.69 Å². The Hall–Kier alpha value is -2.67. The van der Waals surface area contributed by atoms with Gasteiger partial charge in [0.2, 0.25) is 0 Å². The van der Waals surface area contributed by atoms with Crippen molar-refractivity contribution in [2.24, 2.45) is 0 Å². The fraction of sp³-hybridized carbons (Fsp3) is 0.133. The largest absolute Gasteiger partial charge is 0.495 e. The SMILES string of the molecule is COc1ccccc1NC(=S)N(C)c1ccc([N+](=O)[O-])cc1. The predicted molar refractivity (Wildman–Crippen MR) is 90.7 cm³/mol. The first-order valence-corrected chi connectivity index (χ1v) is 6.86. The summed E-state index contributed by atoms with van der Waals surface area (Å²) in [5, 5.41) is 14.2. The summed E-state index contributed by atoms with van der Waals surface area (Å²) in [6.45, 7) is 0. The molecule has 0 heterocycles. The Balaban J connectivity index is 2.13. The first-order valence-electron chi connectivity index (χ1n) is 6.45. The molecule has 0 saturated heterocycles. The molecule has 2 aromatic rings. The molecular formula is C15H15N3O3S. The van der Waals surface area contributed by atoms with E-state index in [0.717, 1.165) is 11.4 Å². The van der Waals surface area contributed by atoms with Gasteiger partial charge in [0.1, 0.15) is 5.75 Å². The normalized spacial score (nSPS) is 9.91. The summed E-state index contributed by atoms with van der Waals surface area (Å²) >= 11 is 5.36. The van der Waals surface area contributed by atoms with Gasteiger partial charge in [0.15, 0.2) is 5.11 Å². The van der Waals surface area contributed by atoms with Crippen LogP contribution >= 0.6 is 12.2 Å². The number of rotatable bonds is 4. The molecule has 0 radical (unpaired) electrons. The van der Waals surface area contributed by atoms with Gasteiger partial charge in [-0.25, -0.2) is 0 Å². The van der Waals surface area contributed by atoms with E-state index in [0.29, 0.717) is 10.9 Å². The molecule has 0 unspecified atom stereocenters. The van der Waals surface area contributed by atoms with Crippen molar-refractivity contribution in [1.29, 1.82) is 0 Å². The van der Waals surface area contributed by atoms with Crippen molar-refractivity contribution in [1.82, 2.24) is 0 Å². The molecule has 0 aliphatic rings. The van der Waals surface area contributed by atoms with Gasteiger partial charge in [0.05, 0.1) is 17.7 Å². The molecule has 2 aromatic carbocycles. The van der Waals surface area contributed by atoms with Gasteiger partial charge in [-0.2, -0.15) is 0 Å². The molecule has 0 spiro atoms. The maximum absolute atomic E-state index is 10.7. The van der Waals surface area contributed by atoms with E-state index in [2.05, 4.69) is 5.32 Å². The first kappa shape index (κ1) is 15.7. The van der Waals surface area contributed by atoms with Crippen LogP contribution < -0.4 is 15.0 Å². The van der Waals surface area contributed by atoms with E-state index in [1.165, 1.54) is 12.1 Å². The fourth-order valence-corrected chi connectivity index (χ4v) is 2.08. The monoisotopic (exact) mass is 317 g/mol. The van der Waals surface area contributed by atoms with Crippen LogP contribution in [0.4, 0.5) is 17.1 Å². The molecule has 114 valence electrons. The minimum Gasteiger partial charge on any atom is -0.495 e. The number of non-ortho nitro benzene ring substituents is 1. The van der Waals surface area contributed by atoms with Crippen molar-refractivity contribution in [3.63, 3.8) is 0 Å². The summed E-state index contributed by atoms with van der Waals surface area (Å²) in [5.74, 6) is 0.682. The zero-order valence-electron chi connectivity index (χ0n) is 12.1. The molecular weight excluding hydrogens is 302 g/mol. The number of nitro benzene ring substituents is 1. The Morgan fingerprint density at radius 2 is 1.86 bits per heavy atom. The number of thiocarbonyl (C=S) groups is 1. The maximum atomic E-state index is 10.7. The molecule has 0 saturated carbocycles. The zero-order valence-corrected chi connectivity index (χ0v) is 13.0. The number of hydrogen-bond donors (Lipinski definition) is 1. The smallest absolute Gasteiger partial charge is 0.269 e. The third-order valence-electron chi connectivity index (χ3n) is 3.10.